The van der Waals surface area contributed by atoms with Gasteiger partial charge in [0.2, 0.25) is 0 Å². The molecule has 0 bridgehead atoms. The van der Waals surface area contributed by atoms with E-state index < -0.39 is 0 Å². The van der Waals surface area contributed by atoms with Gasteiger partial charge in [-0.05, 0) is 50.2 Å². The molecule has 166 valence electrons. The zero-order chi connectivity index (χ0) is 22.7. The summed E-state index contributed by atoms with van der Waals surface area (Å²) in [7, 11) is 0. The molecule has 8 heteroatoms. The largest absolute Gasteiger partial charge is 0.486 e. The molecule has 3 aromatic rings. The van der Waals surface area contributed by atoms with Crippen molar-refractivity contribution >= 4 is 34.8 Å². The van der Waals surface area contributed by atoms with Crippen LogP contribution < -0.4 is 4.74 Å². The van der Waals surface area contributed by atoms with Gasteiger partial charge in [-0.25, -0.2) is 4.98 Å². The van der Waals surface area contributed by atoms with E-state index in [4.69, 9.17) is 16.3 Å². The minimum atomic E-state index is -0.0415. The number of aromatic nitrogens is 1. The summed E-state index contributed by atoms with van der Waals surface area (Å²) in [4.78, 5) is 34.5. The molecule has 2 heterocycles. The molecule has 1 fully saturated rings. The summed E-state index contributed by atoms with van der Waals surface area (Å²) in [6.07, 6.45) is 0. The van der Waals surface area contributed by atoms with Crippen LogP contribution in [0.15, 0.2) is 48.5 Å². The van der Waals surface area contributed by atoms with Crippen LogP contribution in [0.4, 0.5) is 0 Å². The monoisotopic (exact) mass is 469 g/mol. The number of rotatable bonds is 5. The first-order valence-electron chi connectivity index (χ1n) is 10.4. The van der Waals surface area contributed by atoms with Crippen molar-refractivity contribution in [1.29, 1.82) is 0 Å². The number of ether oxygens (including phenoxy) is 1. The number of aryl methyl sites for hydroxylation is 2. The van der Waals surface area contributed by atoms with Crippen LogP contribution >= 0.6 is 22.9 Å². The van der Waals surface area contributed by atoms with E-state index in [9.17, 15) is 9.59 Å². The van der Waals surface area contributed by atoms with Gasteiger partial charge in [0, 0.05) is 36.8 Å². The van der Waals surface area contributed by atoms with Gasteiger partial charge in [-0.15, -0.1) is 11.3 Å². The Labute approximate surface area is 196 Å². The molecular weight excluding hydrogens is 446 g/mol. The quantitative estimate of drug-likeness (QED) is 0.548. The summed E-state index contributed by atoms with van der Waals surface area (Å²) >= 11 is 7.25. The lowest BCUT2D eigenvalue weighted by molar-refractivity contribution is 0.0537. The average Bonchev–Trinajstić information content (AvgIpc) is 3.19. The predicted molar refractivity (Wildman–Crippen MR) is 126 cm³/mol. The lowest BCUT2D eigenvalue weighted by atomic mass is 10.1. The number of hydrogen-bond donors (Lipinski definition) is 0. The van der Waals surface area contributed by atoms with Gasteiger partial charge >= 0.3 is 0 Å². The maximum Gasteiger partial charge on any atom is 0.265 e. The minimum absolute atomic E-state index is 0.00713. The lowest BCUT2D eigenvalue weighted by Crippen LogP contribution is -2.50. The topological polar surface area (TPSA) is 62.7 Å². The third-order valence-electron chi connectivity index (χ3n) is 5.36. The van der Waals surface area contributed by atoms with E-state index in [-0.39, 0.29) is 11.8 Å². The normalized spacial score (nSPS) is 13.8. The second-order valence-electron chi connectivity index (χ2n) is 7.72. The Morgan fingerprint density at radius 3 is 2.16 bits per heavy atom. The highest BCUT2D eigenvalue weighted by Crippen LogP contribution is 2.23. The van der Waals surface area contributed by atoms with Gasteiger partial charge in [0.1, 0.15) is 22.2 Å². The van der Waals surface area contributed by atoms with Crippen molar-refractivity contribution in [3.63, 3.8) is 0 Å². The number of amides is 2. The van der Waals surface area contributed by atoms with E-state index in [1.807, 2.05) is 38.1 Å². The van der Waals surface area contributed by atoms with E-state index in [2.05, 4.69) is 4.98 Å². The van der Waals surface area contributed by atoms with Crippen LogP contribution in [0.2, 0.25) is 5.02 Å². The molecule has 2 amide bonds. The van der Waals surface area contributed by atoms with Gasteiger partial charge in [0.15, 0.2) is 0 Å². The molecular formula is C24H24ClN3O3S. The lowest BCUT2D eigenvalue weighted by Gasteiger charge is -2.34. The van der Waals surface area contributed by atoms with Crippen molar-refractivity contribution in [3.8, 4) is 5.75 Å². The number of nitrogens with zero attached hydrogens (tertiary/aromatic N) is 3. The first-order valence-corrected chi connectivity index (χ1v) is 11.6. The van der Waals surface area contributed by atoms with Gasteiger partial charge in [0.05, 0.1) is 5.69 Å². The van der Waals surface area contributed by atoms with Gasteiger partial charge in [-0.3, -0.25) is 9.59 Å². The molecule has 6 nitrogen and oxygen atoms in total. The second kappa shape index (κ2) is 9.71. The molecule has 1 saturated heterocycles. The molecule has 0 aliphatic carbocycles. The van der Waals surface area contributed by atoms with Crippen molar-refractivity contribution in [2.75, 3.05) is 26.2 Å². The Bertz CT molecular complexity index is 1100. The third-order valence-corrected chi connectivity index (χ3v) is 6.73. The van der Waals surface area contributed by atoms with Crippen LogP contribution in [0.25, 0.3) is 0 Å². The predicted octanol–water partition coefficient (Wildman–Crippen LogP) is 4.59. The number of hydrogen-bond acceptors (Lipinski definition) is 5. The summed E-state index contributed by atoms with van der Waals surface area (Å²) < 4.78 is 5.75. The molecule has 2 aromatic carbocycles. The zero-order valence-electron chi connectivity index (χ0n) is 18.0. The van der Waals surface area contributed by atoms with Crippen LogP contribution in [0.1, 0.15) is 36.3 Å². The zero-order valence-corrected chi connectivity index (χ0v) is 19.6. The van der Waals surface area contributed by atoms with E-state index in [1.54, 1.807) is 34.1 Å². The second-order valence-corrected chi connectivity index (χ2v) is 9.24. The standard InChI is InChI=1S/C24H24ClN3O3S/c1-16-3-5-18(6-4-16)23(29)27-11-13-28(14-12-27)24(30)22-17(2)26-21(32-22)15-31-20-9-7-19(25)8-10-20/h3-10H,11-15H2,1-2H3. The Morgan fingerprint density at radius 2 is 1.53 bits per heavy atom. The van der Waals surface area contributed by atoms with Gasteiger partial charge in [0.25, 0.3) is 11.8 Å². The van der Waals surface area contributed by atoms with Gasteiger partial charge < -0.3 is 14.5 Å². The Morgan fingerprint density at radius 1 is 0.938 bits per heavy atom. The third kappa shape index (κ3) is 5.11. The number of halogens is 1. The van der Waals surface area contributed by atoms with E-state index in [0.717, 1.165) is 10.6 Å². The molecule has 0 spiro atoms. The Hall–Kier alpha value is -2.90. The molecule has 1 aromatic heterocycles. The fourth-order valence-corrected chi connectivity index (χ4v) is 4.60. The number of carbonyl (C=O) groups is 2. The summed E-state index contributed by atoms with van der Waals surface area (Å²) in [5.74, 6) is 0.664. The van der Waals surface area contributed by atoms with E-state index in [1.165, 1.54) is 11.3 Å². The molecule has 1 aliphatic rings. The number of thiazole rings is 1. The summed E-state index contributed by atoms with van der Waals surface area (Å²) in [6.45, 7) is 6.17. The van der Waals surface area contributed by atoms with Crippen LogP contribution in [0, 0.1) is 13.8 Å². The number of benzene rings is 2. The molecule has 0 atom stereocenters. The first-order chi connectivity index (χ1) is 15.4. The van der Waals surface area contributed by atoms with E-state index in [0.29, 0.717) is 59.7 Å². The molecule has 0 N–H and O–H groups in total. The van der Waals surface area contributed by atoms with Gasteiger partial charge in [-0.2, -0.15) is 0 Å². The van der Waals surface area contributed by atoms with Crippen molar-refractivity contribution in [2.24, 2.45) is 0 Å². The smallest absolute Gasteiger partial charge is 0.265 e. The molecule has 0 radical (unpaired) electrons. The van der Waals surface area contributed by atoms with Crippen molar-refractivity contribution < 1.29 is 14.3 Å². The van der Waals surface area contributed by atoms with Crippen molar-refractivity contribution in [2.45, 2.75) is 20.5 Å². The van der Waals surface area contributed by atoms with Crippen molar-refractivity contribution in [1.82, 2.24) is 14.8 Å². The number of piperazine rings is 1. The molecule has 0 unspecified atom stereocenters. The average molecular weight is 470 g/mol. The maximum absolute atomic E-state index is 13.1. The highest BCUT2D eigenvalue weighted by atomic mass is 35.5. The van der Waals surface area contributed by atoms with Crippen LogP contribution in [-0.4, -0.2) is 52.8 Å². The minimum Gasteiger partial charge on any atom is -0.486 e. The molecule has 0 saturated carbocycles. The number of carbonyl (C=O) groups excluding carboxylic acids is 2. The van der Waals surface area contributed by atoms with Crippen molar-refractivity contribution in [3.05, 3.63) is 80.3 Å². The Balaban J connectivity index is 1.34. The fraction of sp³-hybridized carbons (Fsp3) is 0.292. The fourth-order valence-electron chi connectivity index (χ4n) is 3.52. The highest BCUT2D eigenvalue weighted by molar-refractivity contribution is 7.13. The molecule has 4 rings (SSSR count). The summed E-state index contributed by atoms with van der Waals surface area (Å²) in [6, 6.07) is 14.7. The van der Waals surface area contributed by atoms with Crippen LogP contribution in [-0.2, 0) is 6.61 Å². The van der Waals surface area contributed by atoms with Crippen LogP contribution in [0.5, 0.6) is 5.75 Å². The van der Waals surface area contributed by atoms with Crippen LogP contribution in [0.3, 0.4) is 0 Å². The summed E-state index contributed by atoms with van der Waals surface area (Å²) in [5, 5.41) is 1.39. The maximum atomic E-state index is 13.1. The van der Waals surface area contributed by atoms with E-state index >= 15 is 0 Å². The summed E-state index contributed by atoms with van der Waals surface area (Å²) in [5.41, 5.74) is 2.50. The Kier molecular flexibility index (Phi) is 6.77. The molecule has 32 heavy (non-hydrogen) atoms. The van der Waals surface area contributed by atoms with Gasteiger partial charge in [-0.1, -0.05) is 29.3 Å². The first kappa shape index (κ1) is 22.3. The SMILES string of the molecule is Cc1ccc(C(=O)N2CCN(C(=O)c3sc(COc4ccc(Cl)cc4)nc3C)CC2)cc1. The molecule has 1 aliphatic heterocycles. The highest BCUT2D eigenvalue weighted by Gasteiger charge is 2.27.